The van der Waals surface area contributed by atoms with Gasteiger partial charge in [0.05, 0.1) is 9.92 Å². The van der Waals surface area contributed by atoms with Crippen molar-refractivity contribution in [3.8, 4) is 0 Å². The smallest absolute Gasteiger partial charge is 0.207 e. The molecule has 0 radical (unpaired) electrons. The van der Waals surface area contributed by atoms with Crippen LogP contribution in [0.2, 0.25) is 5.02 Å². The molecule has 0 unspecified atom stereocenters. The van der Waals surface area contributed by atoms with Crippen molar-refractivity contribution in [2.45, 2.75) is 30.2 Å². The van der Waals surface area contributed by atoms with Crippen LogP contribution in [-0.4, -0.2) is 25.3 Å². The van der Waals surface area contributed by atoms with E-state index >= 15 is 0 Å². The van der Waals surface area contributed by atoms with Crippen LogP contribution in [0, 0.1) is 5.82 Å². The van der Waals surface area contributed by atoms with E-state index in [1.54, 1.807) is 11.3 Å². The van der Waals surface area contributed by atoms with E-state index in [1.165, 1.54) is 16.4 Å². The maximum Gasteiger partial charge on any atom is 0.243 e. The summed E-state index contributed by atoms with van der Waals surface area (Å²) in [5.74, 6) is -0.614. The molecule has 1 aliphatic carbocycles. The number of nitrogens with zero attached hydrogens (tertiary/aromatic N) is 1. The molecule has 0 spiro atoms. The van der Waals surface area contributed by atoms with Crippen molar-refractivity contribution in [2.24, 2.45) is 0 Å². The molecule has 2 aromatic rings. The third-order valence-corrected chi connectivity index (χ3v) is 6.78. The summed E-state index contributed by atoms with van der Waals surface area (Å²) in [6.45, 7) is 0.433. The number of thiophene rings is 1. The highest BCUT2D eigenvalue weighted by atomic mass is 35.5. The average Bonchev–Trinajstić information content (AvgIpc) is 3.17. The fourth-order valence-electron chi connectivity index (χ4n) is 2.31. The molecule has 0 saturated heterocycles. The Hall–Kier alpha value is -0.950. The van der Waals surface area contributed by atoms with E-state index in [0.29, 0.717) is 13.0 Å². The van der Waals surface area contributed by atoms with E-state index in [1.807, 2.05) is 17.5 Å². The van der Waals surface area contributed by atoms with Gasteiger partial charge in [-0.15, -0.1) is 11.3 Å². The fraction of sp³-hybridized carbons (Fsp3) is 0.333. The van der Waals surface area contributed by atoms with Gasteiger partial charge in [0.25, 0.3) is 0 Å². The predicted molar refractivity (Wildman–Crippen MR) is 86.3 cm³/mol. The van der Waals surface area contributed by atoms with Crippen LogP contribution in [0.5, 0.6) is 0 Å². The van der Waals surface area contributed by atoms with E-state index in [-0.39, 0.29) is 16.0 Å². The summed E-state index contributed by atoms with van der Waals surface area (Å²) in [5, 5.41) is 1.81. The molecule has 1 aromatic carbocycles. The van der Waals surface area contributed by atoms with Crippen molar-refractivity contribution >= 4 is 33.0 Å². The van der Waals surface area contributed by atoms with Gasteiger partial charge >= 0.3 is 0 Å². The maximum atomic E-state index is 13.3. The quantitative estimate of drug-likeness (QED) is 0.783. The van der Waals surface area contributed by atoms with Gasteiger partial charge in [-0.2, -0.15) is 4.31 Å². The molecule has 118 valence electrons. The zero-order chi connectivity index (χ0) is 15.7. The van der Waals surface area contributed by atoms with E-state index < -0.39 is 15.8 Å². The van der Waals surface area contributed by atoms with Gasteiger partial charge < -0.3 is 0 Å². The van der Waals surface area contributed by atoms with E-state index in [2.05, 4.69) is 0 Å². The lowest BCUT2D eigenvalue weighted by Gasteiger charge is -2.21. The summed E-state index contributed by atoms with van der Waals surface area (Å²) >= 11 is 7.34. The average molecular weight is 360 g/mol. The minimum absolute atomic E-state index is 0.0498. The Morgan fingerprint density at radius 3 is 2.68 bits per heavy atom. The van der Waals surface area contributed by atoms with Crippen LogP contribution in [-0.2, 0) is 16.4 Å². The Morgan fingerprint density at radius 2 is 2.09 bits per heavy atom. The molecule has 0 bridgehead atoms. The first-order valence-corrected chi connectivity index (χ1v) is 9.67. The van der Waals surface area contributed by atoms with Crippen molar-refractivity contribution in [3.05, 3.63) is 51.4 Å². The first kappa shape index (κ1) is 15.9. The van der Waals surface area contributed by atoms with Gasteiger partial charge in [-0.1, -0.05) is 17.7 Å². The molecular weight excluding hydrogens is 345 g/mol. The van der Waals surface area contributed by atoms with Crippen LogP contribution in [0.15, 0.2) is 40.6 Å². The minimum Gasteiger partial charge on any atom is -0.207 e. The SMILES string of the molecule is O=S(=O)(c1ccc(F)c(Cl)c1)N(CCc1cccs1)C1CC1. The number of rotatable bonds is 6. The summed E-state index contributed by atoms with van der Waals surface area (Å²) in [6.07, 6.45) is 2.43. The summed E-state index contributed by atoms with van der Waals surface area (Å²) in [6, 6.07) is 7.56. The molecule has 3 rings (SSSR count). The van der Waals surface area contributed by atoms with Crippen LogP contribution < -0.4 is 0 Å². The first-order valence-electron chi connectivity index (χ1n) is 6.98. The number of sulfonamides is 1. The second kappa shape index (κ2) is 6.28. The molecule has 0 amide bonds. The lowest BCUT2D eigenvalue weighted by molar-refractivity contribution is 0.408. The highest BCUT2D eigenvalue weighted by Gasteiger charge is 2.37. The monoisotopic (exact) mass is 359 g/mol. The summed E-state index contributed by atoms with van der Waals surface area (Å²) in [5.41, 5.74) is 0. The largest absolute Gasteiger partial charge is 0.243 e. The van der Waals surface area contributed by atoms with Gasteiger partial charge in [0, 0.05) is 17.5 Å². The van der Waals surface area contributed by atoms with Crippen molar-refractivity contribution in [3.63, 3.8) is 0 Å². The van der Waals surface area contributed by atoms with E-state index in [4.69, 9.17) is 11.6 Å². The normalized spacial score (nSPS) is 15.4. The third-order valence-electron chi connectivity index (χ3n) is 3.61. The predicted octanol–water partition coefficient (Wildman–Crippen LogP) is 3.94. The van der Waals surface area contributed by atoms with Crippen molar-refractivity contribution in [1.82, 2.24) is 4.31 Å². The Bertz CT molecular complexity index is 758. The van der Waals surface area contributed by atoms with Crippen LogP contribution in [0.4, 0.5) is 4.39 Å². The Kier molecular flexibility index (Phi) is 4.54. The number of hydrogen-bond acceptors (Lipinski definition) is 3. The van der Waals surface area contributed by atoms with E-state index in [9.17, 15) is 12.8 Å². The topological polar surface area (TPSA) is 37.4 Å². The van der Waals surface area contributed by atoms with Gasteiger partial charge in [0.2, 0.25) is 10.0 Å². The molecule has 1 saturated carbocycles. The first-order chi connectivity index (χ1) is 10.5. The summed E-state index contributed by atoms with van der Waals surface area (Å²) < 4.78 is 40.3. The second-order valence-electron chi connectivity index (χ2n) is 5.25. The maximum absolute atomic E-state index is 13.3. The molecule has 1 heterocycles. The number of benzene rings is 1. The fourth-order valence-corrected chi connectivity index (χ4v) is 4.97. The zero-order valence-electron chi connectivity index (χ0n) is 11.7. The summed E-state index contributed by atoms with van der Waals surface area (Å²) in [4.78, 5) is 1.20. The zero-order valence-corrected chi connectivity index (χ0v) is 14.1. The Labute approximate surface area is 138 Å². The van der Waals surface area contributed by atoms with Gasteiger partial charge in [-0.3, -0.25) is 0 Å². The summed E-state index contributed by atoms with van der Waals surface area (Å²) in [7, 11) is -3.64. The molecule has 3 nitrogen and oxygen atoms in total. The minimum atomic E-state index is -3.64. The number of hydrogen-bond donors (Lipinski definition) is 0. The van der Waals surface area contributed by atoms with Crippen LogP contribution in [0.25, 0.3) is 0 Å². The molecule has 7 heteroatoms. The standard InChI is InChI=1S/C15H15ClFNO2S2/c16-14-10-13(5-6-15(14)17)22(19,20)18(11-3-4-11)8-7-12-2-1-9-21-12/h1-2,5-6,9-11H,3-4,7-8H2. The third kappa shape index (κ3) is 3.35. The lowest BCUT2D eigenvalue weighted by atomic mass is 10.3. The van der Waals surface area contributed by atoms with Crippen molar-refractivity contribution in [1.29, 1.82) is 0 Å². The van der Waals surface area contributed by atoms with Gasteiger partial charge in [-0.25, -0.2) is 12.8 Å². The highest BCUT2D eigenvalue weighted by Crippen LogP contribution is 2.33. The Balaban J connectivity index is 1.84. The van der Waals surface area contributed by atoms with Gasteiger partial charge in [0.1, 0.15) is 5.82 Å². The van der Waals surface area contributed by atoms with Gasteiger partial charge in [0.15, 0.2) is 0 Å². The van der Waals surface area contributed by atoms with Crippen LogP contribution in [0.3, 0.4) is 0 Å². The molecule has 22 heavy (non-hydrogen) atoms. The molecule has 1 fully saturated rings. The Morgan fingerprint density at radius 1 is 1.32 bits per heavy atom. The van der Waals surface area contributed by atoms with E-state index in [0.717, 1.165) is 23.8 Å². The molecular formula is C15H15ClFNO2S2. The number of halogens is 2. The van der Waals surface area contributed by atoms with Gasteiger partial charge in [-0.05, 0) is 48.9 Å². The lowest BCUT2D eigenvalue weighted by Crippen LogP contribution is -2.34. The molecule has 1 aliphatic rings. The molecule has 0 N–H and O–H groups in total. The molecule has 0 aliphatic heterocycles. The second-order valence-corrected chi connectivity index (χ2v) is 8.58. The molecule has 1 aromatic heterocycles. The highest BCUT2D eigenvalue weighted by molar-refractivity contribution is 7.89. The van der Waals surface area contributed by atoms with Crippen LogP contribution in [0.1, 0.15) is 17.7 Å². The van der Waals surface area contributed by atoms with Crippen molar-refractivity contribution < 1.29 is 12.8 Å². The van der Waals surface area contributed by atoms with Crippen LogP contribution >= 0.6 is 22.9 Å². The molecule has 0 atom stereocenters. The van der Waals surface area contributed by atoms with Crippen molar-refractivity contribution in [2.75, 3.05) is 6.54 Å².